The van der Waals surface area contributed by atoms with Gasteiger partial charge in [0, 0.05) is 15.7 Å². The monoisotopic (exact) mass is 377 g/mol. The third-order valence-corrected chi connectivity index (χ3v) is 5.09. The molecule has 0 aliphatic carbocycles. The number of amides is 1. The largest absolute Gasteiger partial charge is 0.352 e. The van der Waals surface area contributed by atoms with Gasteiger partial charge in [-0.2, -0.15) is 0 Å². The minimum absolute atomic E-state index is 0.202. The molecule has 0 atom stereocenters. The smallest absolute Gasteiger partial charge is 0.252 e. The first-order chi connectivity index (χ1) is 10.6. The molecule has 0 saturated carbocycles. The molecule has 0 radical (unpaired) electrons. The highest BCUT2D eigenvalue weighted by molar-refractivity contribution is 9.10. The number of hydrogen-bond donors (Lipinski definition) is 1. The van der Waals surface area contributed by atoms with E-state index in [2.05, 4.69) is 38.8 Å². The molecule has 0 saturated heterocycles. The number of thiophene rings is 1. The van der Waals surface area contributed by atoms with Crippen LogP contribution in [0.25, 0.3) is 10.1 Å². The van der Waals surface area contributed by atoms with Crippen LogP contribution in [-0.2, 0) is 6.42 Å². The van der Waals surface area contributed by atoms with Gasteiger partial charge in [0.15, 0.2) is 0 Å². The Balaban J connectivity index is 1.64. The SMILES string of the molecule is O=C(NCCc1csc2ccccc12)c1ccc(F)cc1Br. The molecule has 3 rings (SSSR count). The van der Waals surface area contributed by atoms with Crippen LogP contribution in [0, 0.1) is 5.82 Å². The van der Waals surface area contributed by atoms with Crippen LogP contribution in [0.1, 0.15) is 15.9 Å². The van der Waals surface area contributed by atoms with Crippen molar-refractivity contribution in [3.05, 3.63) is 69.3 Å². The summed E-state index contributed by atoms with van der Waals surface area (Å²) in [6.07, 6.45) is 0.772. The van der Waals surface area contributed by atoms with E-state index in [1.54, 1.807) is 11.3 Å². The average Bonchev–Trinajstić information content (AvgIpc) is 2.90. The molecule has 1 amide bonds. The molecule has 0 spiro atoms. The third-order valence-electron chi connectivity index (χ3n) is 3.42. The van der Waals surface area contributed by atoms with Gasteiger partial charge in [0.05, 0.1) is 5.56 Å². The van der Waals surface area contributed by atoms with Gasteiger partial charge in [-0.3, -0.25) is 4.79 Å². The van der Waals surface area contributed by atoms with E-state index in [9.17, 15) is 9.18 Å². The van der Waals surface area contributed by atoms with Gasteiger partial charge in [0.2, 0.25) is 0 Å². The summed E-state index contributed by atoms with van der Waals surface area (Å²) in [5, 5.41) is 6.25. The third kappa shape index (κ3) is 3.20. The molecule has 0 aliphatic heterocycles. The molecular weight excluding hydrogens is 365 g/mol. The molecule has 3 aromatic rings. The van der Waals surface area contributed by atoms with Gasteiger partial charge in [0.25, 0.3) is 5.91 Å². The molecule has 5 heteroatoms. The minimum atomic E-state index is -0.367. The predicted molar refractivity (Wildman–Crippen MR) is 92.0 cm³/mol. The lowest BCUT2D eigenvalue weighted by molar-refractivity contribution is 0.0953. The second-order valence-corrected chi connectivity index (χ2v) is 6.65. The first-order valence-corrected chi connectivity index (χ1v) is 8.51. The summed E-state index contributed by atoms with van der Waals surface area (Å²) in [5.41, 5.74) is 1.68. The summed E-state index contributed by atoms with van der Waals surface area (Å²) in [6, 6.07) is 12.3. The highest BCUT2D eigenvalue weighted by atomic mass is 79.9. The highest BCUT2D eigenvalue weighted by Crippen LogP contribution is 2.25. The molecule has 22 heavy (non-hydrogen) atoms. The number of rotatable bonds is 4. The predicted octanol–water partition coefficient (Wildman–Crippen LogP) is 4.78. The number of carbonyl (C=O) groups excluding carboxylic acids is 1. The van der Waals surface area contributed by atoms with E-state index in [1.165, 1.54) is 33.8 Å². The van der Waals surface area contributed by atoms with Crippen molar-refractivity contribution < 1.29 is 9.18 Å². The Morgan fingerprint density at radius 2 is 2.05 bits per heavy atom. The molecule has 1 aromatic heterocycles. The van der Waals surface area contributed by atoms with Crippen molar-refractivity contribution in [2.45, 2.75) is 6.42 Å². The van der Waals surface area contributed by atoms with Gasteiger partial charge in [-0.1, -0.05) is 18.2 Å². The second-order valence-electron chi connectivity index (χ2n) is 4.89. The van der Waals surface area contributed by atoms with Crippen LogP contribution >= 0.6 is 27.3 Å². The number of hydrogen-bond acceptors (Lipinski definition) is 2. The molecule has 1 N–H and O–H groups in total. The fourth-order valence-corrected chi connectivity index (χ4v) is 3.83. The molecule has 1 heterocycles. The number of nitrogens with one attached hydrogen (secondary N) is 1. The Hall–Kier alpha value is -1.72. The van der Waals surface area contributed by atoms with Gasteiger partial charge >= 0.3 is 0 Å². The van der Waals surface area contributed by atoms with Crippen LogP contribution in [0.5, 0.6) is 0 Å². The zero-order valence-electron chi connectivity index (χ0n) is 11.6. The molecule has 112 valence electrons. The van der Waals surface area contributed by atoms with Crippen LogP contribution in [-0.4, -0.2) is 12.5 Å². The Morgan fingerprint density at radius 3 is 2.86 bits per heavy atom. The lowest BCUT2D eigenvalue weighted by Crippen LogP contribution is -2.26. The normalized spacial score (nSPS) is 10.8. The van der Waals surface area contributed by atoms with E-state index in [0.29, 0.717) is 16.6 Å². The fourth-order valence-electron chi connectivity index (χ4n) is 2.31. The van der Waals surface area contributed by atoms with Crippen LogP contribution in [0.3, 0.4) is 0 Å². The summed E-state index contributed by atoms with van der Waals surface area (Å²) in [7, 11) is 0. The highest BCUT2D eigenvalue weighted by Gasteiger charge is 2.10. The number of halogens is 2. The van der Waals surface area contributed by atoms with Crippen LogP contribution in [0.4, 0.5) is 4.39 Å². The second kappa shape index (κ2) is 6.58. The quantitative estimate of drug-likeness (QED) is 0.696. The standard InChI is InChI=1S/C17H13BrFNOS/c18-15-9-12(19)5-6-14(15)17(21)20-8-7-11-10-22-16-4-2-1-3-13(11)16/h1-6,9-10H,7-8H2,(H,20,21). The minimum Gasteiger partial charge on any atom is -0.352 e. The van der Waals surface area contributed by atoms with Crippen LogP contribution in [0.2, 0.25) is 0 Å². The van der Waals surface area contributed by atoms with E-state index < -0.39 is 0 Å². The number of benzene rings is 2. The maximum atomic E-state index is 13.0. The first-order valence-electron chi connectivity index (χ1n) is 6.83. The van der Waals surface area contributed by atoms with Crippen molar-refractivity contribution >= 4 is 43.3 Å². The summed E-state index contributed by atoms with van der Waals surface area (Å²) in [4.78, 5) is 12.1. The summed E-state index contributed by atoms with van der Waals surface area (Å²) >= 11 is 4.92. The van der Waals surface area contributed by atoms with Gasteiger partial charge in [-0.05, 0) is 62.9 Å². The van der Waals surface area contributed by atoms with Gasteiger partial charge in [-0.25, -0.2) is 4.39 Å². The Morgan fingerprint density at radius 1 is 1.23 bits per heavy atom. The van der Waals surface area contributed by atoms with Crippen LogP contribution in [0.15, 0.2) is 52.3 Å². The summed E-state index contributed by atoms with van der Waals surface area (Å²) < 4.78 is 14.8. The first kappa shape index (κ1) is 15.2. The topological polar surface area (TPSA) is 29.1 Å². The molecule has 0 fully saturated rings. The summed E-state index contributed by atoms with van der Waals surface area (Å²) in [5.74, 6) is -0.570. The molecular formula is C17H13BrFNOS. The average molecular weight is 378 g/mol. The zero-order valence-corrected chi connectivity index (χ0v) is 14.0. The van der Waals surface area contributed by atoms with E-state index in [-0.39, 0.29) is 11.7 Å². The molecule has 0 unspecified atom stereocenters. The summed E-state index contributed by atoms with van der Waals surface area (Å²) in [6.45, 7) is 0.545. The number of fused-ring (bicyclic) bond motifs is 1. The van der Waals surface area contributed by atoms with Crippen molar-refractivity contribution in [2.75, 3.05) is 6.54 Å². The van der Waals surface area contributed by atoms with E-state index in [4.69, 9.17) is 0 Å². The number of carbonyl (C=O) groups is 1. The molecule has 0 bridgehead atoms. The molecule has 2 nitrogen and oxygen atoms in total. The van der Waals surface area contributed by atoms with Crippen molar-refractivity contribution in [3.8, 4) is 0 Å². The maximum Gasteiger partial charge on any atom is 0.252 e. The Kier molecular flexibility index (Phi) is 4.55. The molecule has 2 aromatic carbocycles. The zero-order chi connectivity index (χ0) is 15.5. The Bertz CT molecular complexity index is 830. The Labute approximate surface area is 140 Å². The van der Waals surface area contributed by atoms with E-state index in [1.807, 2.05) is 12.1 Å². The molecule has 0 aliphatic rings. The maximum absolute atomic E-state index is 13.0. The van der Waals surface area contributed by atoms with Crippen molar-refractivity contribution in [2.24, 2.45) is 0 Å². The van der Waals surface area contributed by atoms with Gasteiger partial charge < -0.3 is 5.32 Å². The van der Waals surface area contributed by atoms with Crippen molar-refractivity contribution in [3.63, 3.8) is 0 Å². The fraction of sp³-hybridized carbons (Fsp3) is 0.118. The van der Waals surface area contributed by atoms with E-state index >= 15 is 0 Å². The lowest BCUT2D eigenvalue weighted by atomic mass is 10.1. The van der Waals surface area contributed by atoms with Crippen LogP contribution < -0.4 is 5.32 Å². The lowest BCUT2D eigenvalue weighted by Gasteiger charge is -2.07. The van der Waals surface area contributed by atoms with Crippen molar-refractivity contribution in [1.82, 2.24) is 5.32 Å². The van der Waals surface area contributed by atoms with E-state index in [0.717, 1.165) is 6.42 Å². The van der Waals surface area contributed by atoms with Crippen molar-refractivity contribution in [1.29, 1.82) is 0 Å². The van der Waals surface area contributed by atoms with Gasteiger partial charge in [-0.15, -0.1) is 11.3 Å². The van der Waals surface area contributed by atoms with Gasteiger partial charge in [0.1, 0.15) is 5.82 Å².